The van der Waals surface area contributed by atoms with Crippen LogP contribution in [0.4, 0.5) is 0 Å². The minimum atomic E-state index is -1.26. The molecule has 0 unspecified atom stereocenters. The van der Waals surface area contributed by atoms with Crippen molar-refractivity contribution in [2.75, 3.05) is 6.54 Å². The van der Waals surface area contributed by atoms with Crippen LogP contribution in [0.2, 0.25) is 10.0 Å². The van der Waals surface area contributed by atoms with Crippen molar-refractivity contribution in [3.63, 3.8) is 0 Å². The average molecular weight is 324 g/mol. The number of carbonyl (C=O) groups excluding carboxylic acids is 2. The van der Waals surface area contributed by atoms with Crippen LogP contribution in [0.25, 0.3) is 10.8 Å². The summed E-state index contributed by atoms with van der Waals surface area (Å²) in [5.74, 6) is -2.60. The number of carboxylic acid groups (broad SMARTS) is 1. The zero-order valence-corrected chi connectivity index (χ0v) is 11.9. The third-order valence-corrected chi connectivity index (χ3v) is 3.93. The average Bonchev–Trinajstić information content (AvgIpc) is 2.42. The molecule has 2 aromatic rings. The number of hydrogen-bond acceptors (Lipinski definition) is 3. The molecule has 1 aliphatic rings. The Labute approximate surface area is 128 Å². The maximum atomic E-state index is 12.3. The number of benzene rings is 2. The van der Waals surface area contributed by atoms with Crippen LogP contribution < -0.4 is 0 Å². The van der Waals surface area contributed by atoms with Gasteiger partial charge in [-0.2, -0.15) is 0 Å². The Kier molecular flexibility index (Phi) is 3.11. The van der Waals surface area contributed by atoms with Crippen LogP contribution >= 0.6 is 23.2 Å². The molecule has 21 heavy (non-hydrogen) atoms. The van der Waals surface area contributed by atoms with Gasteiger partial charge in [0.1, 0.15) is 6.54 Å². The molecular formula is C14H7Cl2NO4. The number of imide groups is 1. The van der Waals surface area contributed by atoms with Gasteiger partial charge in [0.05, 0.1) is 0 Å². The second-order valence-electron chi connectivity index (χ2n) is 4.53. The molecule has 106 valence electrons. The summed E-state index contributed by atoms with van der Waals surface area (Å²) >= 11 is 12.2. The molecule has 3 rings (SSSR count). The van der Waals surface area contributed by atoms with Gasteiger partial charge in [-0.15, -0.1) is 0 Å². The highest BCUT2D eigenvalue weighted by molar-refractivity contribution is 6.44. The first-order chi connectivity index (χ1) is 9.91. The normalized spacial score (nSPS) is 13.9. The summed E-state index contributed by atoms with van der Waals surface area (Å²) < 4.78 is 0. The van der Waals surface area contributed by atoms with Crippen LogP contribution in [-0.2, 0) is 4.79 Å². The topological polar surface area (TPSA) is 74.7 Å². The predicted molar refractivity (Wildman–Crippen MR) is 77.0 cm³/mol. The molecule has 0 atom stereocenters. The maximum absolute atomic E-state index is 12.3. The SMILES string of the molecule is O=C(O)CN1C(=O)c2ccc(Cl)c3c(Cl)ccc(c23)C1=O. The molecular weight excluding hydrogens is 317 g/mol. The summed E-state index contributed by atoms with van der Waals surface area (Å²) in [7, 11) is 0. The number of carbonyl (C=O) groups is 3. The second kappa shape index (κ2) is 4.72. The Morgan fingerprint density at radius 1 is 0.952 bits per heavy atom. The van der Waals surface area contributed by atoms with Crippen LogP contribution in [0.15, 0.2) is 24.3 Å². The van der Waals surface area contributed by atoms with Crippen molar-refractivity contribution in [3.8, 4) is 0 Å². The molecule has 0 saturated carbocycles. The van der Waals surface area contributed by atoms with E-state index < -0.39 is 24.3 Å². The maximum Gasteiger partial charge on any atom is 0.323 e. The van der Waals surface area contributed by atoms with Crippen molar-refractivity contribution in [1.29, 1.82) is 0 Å². The van der Waals surface area contributed by atoms with Gasteiger partial charge in [0.25, 0.3) is 11.8 Å². The number of amides is 2. The summed E-state index contributed by atoms with van der Waals surface area (Å²) in [6.07, 6.45) is 0. The highest BCUT2D eigenvalue weighted by Gasteiger charge is 2.34. The number of carboxylic acids is 1. The van der Waals surface area contributed by atoms with Crippen molar-refractivity contribution < 1.29 is 19.5 Å². The molecule has 0 aromatic heterocycles. The molecule has 2 aromatic carbocycles. The smallest absolute Gasteiger partial charge is 0.323 e. The van der Waals surface area contributed by atoms with E-state index in [1.54, 1.807) is 0 Å². The number of nitrogens with zero attached hydrogens (tertiary/aromatic N) is 1. The fourth-order valence-corrected chi connectivity index (χ4v) is 3.00. The lowest BCUT2D eigenvalue weighted by Crippen LogP contribution is -2.43. The lowest BCUT2D eigenvalue weighted by Gasteiger charge is -2.26. The van der Waals surface area contributed by atoms with Gasteiger partial charge in [-0.1, -0.05) is 23.2 Å². The van der Waals surface area contributed by atoms with Gasteiger partial charge < -0.3 is 5.11 Å². The monoisotopic (exact) mass is 323 g/mol. The lowest BCUT2D eigenvalue weighted by molar-refractivity contribution is -0.137. The van der Waals surface area contributed by atoms with Crippen molar-refractivity contribution in [2.45, 2.75) is 0 Å². The van der Waals surface area contributed by atoms with Crippen molar-refractivity contribution >= 4 is 51.8 Å². The Morgan fingerprint density at radius 2 is 1.43 bits per heavy atom. The molecule has 2 amide bonds. The molecule has 0 bridgehead atoms. The fraction of sp³-hybridized carbons (Fsp3) is 0.0714. The summed E-state index contributed by atoms with van der Waals surface area (Å²) in [4.78, 5) is 36.2. The van der Waals surface area contributed by atoms with E-state index in [2.05, 4.69) is 0 Å². The van der Waals surface area contributed by atoms with Crippen LogP contribution in [0.5, 0.6) is 0 Å². The largest absolute Gasteiger partial charge is 0.480 e. The second-order valence-corrected chi connectivity index (χ2v) is 5.34. The zero-order chi connectivity index (χ0) is 15.3. The minimum Gasteiger partial charge on any atom is -0.480 e. The van der Waals surface area contributed by atoms with Crippen LogP contribution in [0.1, 0.15) is 20.7 Å². The van der Waals surface area contributed by atoms with Gasteiger partial charge in [-0.3, -0.25) is 19.3 Å². The Balaban J connectivity index is 2.35. The van der Waals surface area contributed by atoms with Gasteiger partial charge in [-0.25, -0.2) is 0 Å². The standard InChI is InChI=1S/C14H7Cl2NO4/c15-8-3-1-6-11-7(2-4-9(16)12(8)11)14(21)17(13(6)20)5-10(18)19/h1-4H,5H2,(H,18,19). The molecule has 0 fully saturated rings. The summed E-state index contributed by atoms with van der Waals surface area (Å²) in [6, 6.07) is 5.94. The van der Waals surface area contributed by atoms with E-state index in [1.165, 1.54) is 24.3 Å². The van der Waals surface area contributed by atoms with Crippen LogP contribution in [-0.4, -0.2) is 34.3 Å². The van der Waals surface area contributed by atoms with E-state index >= 15 is 0 Å². The Bertz CT molecular complexity index is 775. The molecule has 5 nitrogen and oxygen atoms in total. The molecule has 1 N–H and O–H groups in total. The van der Waals surface area contributed by atoms with E-state index in [9.17, 15) is 14.4 Å². The van der Waals surface area contributed by atoms with E-state index in [1.807, 2.05) is 0 Å². The van der Waals surface area contributed by atoms with Gasteiger partial charge >= 0.3 is 5.97 Å². The first kappa shape index (κ1) is 13.9. The summed E-state index contributed by atoms with van der Waals surface area (Å²) in [5, 5.41) is 10.3. The third-order valence-electron chi connectivity index (χ3n) is 3.30. The molecule has 7 heteroatoms. The van der Waals surface area contributed by atoms with Crippen molar-refractivity contribution in [2.24, 2.45) is 0 Å². The lowest BCUT2D eigenvalue weighted by atomic mass is 9.94. The third kappa shape index (κ3) is 1.97. The fourth-order valence-electron chi connectivity index (χ4n) is 2.43. The van der Waals surface area contributed by atoms with Crippen molar-refractivity contribution in [3.05, 3.63) is 45.4 Å². The summed E-state index contributed by atoms with van der Waals surface area (Å²) in [5.41, 5.74) is 0.431. The van der Waals surface area contributed by atoms with Gasteiger partial charge in [-0.05, 0) is 24.3 Å². The quantitative estimate of drug-likeness (QED) is 0.862. The van der Waals surface area contributed by atoms with Crippen LogP contribution in [0.3, 0.4) is 0 Å². The minimum absolute atomic E-state index is 0.216. The number of aliphatic carboxylic acids is 1. The number of halogens is 2. The first-order valence-electron chi connectivity index (χ1n) is 5.90. The molecule has 0 spiro atoms. The molecule has 1 heterocycles. The van der Waals surface area contributed by atoms with E-state index in [0.717, 1.165) is 0 Å². The Morgan fingerprint density at radius 3 is 1.86 bits per heavy atom. The highest BCUT2D eigenvalue weighted by Crippen LogP contribution is 2.38. The van der Waals surface area contributed by atoms with E-state index in [-0.39, 0.29) is 11.1 Å². The molecule has 0 saturated heterocycles. The predicted octanol–water partition coefficient (Wildman–Crippen LogP) is 2.83. The number of rotatable bonds is 2. The van der Waals surface area contributed by atoms with Crippen LogP contribution in [0, 0.1) is 0 Å². The molecule has 0 radical (unpaired) electrons. The zero-order valence-electron chi connectivity index (χ0n) is 10.4. The van der Waals surface area contributed by atoms with Gasteiger partial charge in [0.2, 0.25) is 0 Å². The first-order valence-corrected chi connectivity index (χ1v) is 6.66. The summed E-state index contributed by atoms with van der Waals surface area (Å²) in [6.45, 7) is -0.691. The number of hydrogen-bond donors (Lipinski definition) is 1. The molecule has 1 aliphatic heterocycles. The van der Waals surface area contributed by atoms with Gasteiger partial charge in [0.15, 0.2) is 0 Å². The highest BCUT2D eigenvalue weighted by atomic mass is 35.5. The molecule has 0 aliphatic carbocycles. The Hall–Kier alpha value is -2.11. The van der Waals surface area contributed by atoms with Gasteiger partial charge in [0, 0.05) is 31.9 Å². The van der Waals surface area contributed by atoms with E-state index in [0.29, 0.717) is 25.7 Å². The van der Waals surface area contributed by atoms with Crippen molar-refractivity contribution in [1.82, 2.24) is 4.90 Å². The van der Waals surface area contributed by atoms with E-state index in [4.69, 9.17) is 28.3 Å².